The van der Waals surface area contributed by atoms with Crippen molar-refractivity contribution in [2.45, 2.75) is 19.8 Å². The average Bonchev–Trinajstić information content (AvgIpc) is 3.12. The molecule has 1 fully saturated rings. The van der Waals surface area contributed by atoms with E-state index in [1.54, 1.807) is 10.6 Å². The zero-order valence-corrected chi connectivity index (χ0v) is 17.0. The van der Waals surface area contributed by atoms with Crippen LogP contribution in [-0.4, -0.2) is 56.9 Å². The van der Waals surface area contributed by atoms with E-state index >= 15 is 0 Å². The Labute approximate surface area is 173 Å². The number of aryl methyl sites for hydroxylation is 1. The minimum absolute atomic E-state index is 0.0736. The largest absolute Gasteiger partial charge is 0.493 e. The number of hydrogen-bond donors (Lipinski definition) is 1. The fourth-order valence-corrected chi connectivity index (χ4v) is 3.49. The third-order valence-corrected chi connectivity index (χ3v) is 5.36. The van der Waals surface area contributed by atoms with Gasteiger partial charge in [0.15, 0.2) is 11.5 Å². The second kappa shape index (κ2) is 8.65. The summed E-state index contributed by atoms with van der Waals surface area (Å²) in [4.78, 5) is 14.4. The van der Waals surface area contributed by atoms with Crippen molar-refractivity contribution in [2.24, 2.45) is 5.92 Å². The lowest BCUT2D eigenvalue weighted by molar-refractivity contribution is -0.130. The molecule has 1 saturated heterocycles. The highest BCUT2D eigenvalue weighted by Gasteiger charge is 2.23. The lowest BCUT2D eigenvalue weighted by atomic mass is 9.98. The minimum atomic E-state index is 0.0736. The van der Waals surface area contributed by atoms with Crippen LogP contribution in [0.4, 0.5) is 5.82 Å². The number of rotatable bonds is 6. The Bertz CT molecular complexity index is 982. The molecule has 0 unspecified atom stereocenters. The predicted molar refractivity (Wildman–Crippen MR) is 110 cm³/mol. The molecule has 0 saturated carbocycles. The maximum atomic E-state index is 12.5. The molecule has 0 radical (unpaired) electrons. The van der Waals surface area contributed by atoms with Gasteiger partial charge in [-0.1, -0.05) is 11.6 Å². The number of amides is 1. The Kier molecular flexibility index (Phi) is 5.80. The highest BCUT2D eigenvalue weighted by Crippen LogP contribution is 2.21. The van der Waals surface area contributed by atoms with Gasteiger partial charge in [-0.25, -0.2) is 0 Å². The molecule has 1 aromatic carbocycles. The van der Waals surface area contributed by atoms with E-state index in [1.165, 1.54) is 0 Å². The van der Waals surface area contributed by atoms with Gasteiger partial charge in [0, 0.05) is 18.1 Å². The number of halogens is 1. The molecule has 0 atom stereocenters. The normalized spacial score (nSPS) is 14.9. The van der Waals surface area contributed by atoms with E-state index in [0.717, 1.165) is 31.7 Å². The summed E-state index contributed by atoms with van der Waals surface area (Å²) in [5.74, 6) is 2.68. The summed E-state index contributed by atoms with van der Waals surface area (Å²) in [5, 5.41) is 16.2. The van der Waals surface area contributed by atoms with Gasteiger partial charge < -0.3 is 15.0 Å². The predicted octanol–water partition coefficient (Wildman–Crippen LogP) is 2.82. The van der Waals surface area contributed by atoms with Gasteiger partial charge in [0.05, 0.1) is 13.2 Å². The number of benzene rings is 1. The maximum Gasteiger partial charge on any atom is 0.241 e. The zero-order chi connectivity index (χ0) is 20.2. The van der Waals surface area contributed by atoms with E-state index in [2.05, 4.69) is 20.6 Å². The molecule has 8 nitrogen and oxygen atoms in total. The molecule has 1 N–H and O–H groups in total. The van der Waals surface area contributed by atoms with Crippen molar-refractivity contribution < 1.29 is 9.53 Å². The molecule has 2 aromatic heterocycles. The number of anilines is 1. The van der Waals surface area contributed by atoms with Crippen LogP contribution in [-0.2, 0) is 4.79 Å². The van der Waals surface area contributed by atoms with Crippen molar-refractivity contribution in [1.82, 2.24) is 24.7 Å². The highest BCUT2D eigenvalue weighted by atomic mass is 35.5. The van der Waals surface area contributed by atoms with Crippen LogP contribution in [0.1, 0.15) is 18.7 Å². The fraction of sp³-hybridized carbons (Fsp3) is 0.400. The summed E-state index contributed by atoms with van der Waals surface area (Å²) >= 11 is 5.89. The van der Waals surface area contributed by atoms with Gasteiger partial charge in [-0.15, -0.1) is 15.3 Å². The lowest BCUT2D eigenvalue weighted by Gasteiger charge is -2.32. The number of ether oxygens (including phenoxy) is 1. The van der Waals surface area contributed by atoms with Gasteiger partial charge in [0.1, 0.15) is 11.6 Å². The number of aromatic nitrogens is 4. The Morgan fingerprint density at radius 3 is 2.69 bits per heavy atom. The standard InChI is InChI=1S/C20H23ClN6O2/c1-14-23-24-19-7-6-18(25-27(14)19)22-12-20(28)26-10-8-15(9-11-26)13-29-17-4-2-16(21)3-5-17/h2-7,15H,8-13H2,1H3,(H,22,25). The lowest BCUT2D eigenvalue weighted by Crippen LogP contribution is -2.42. The second-order valence-electron chi connectivity index (χ2n) is 7.18. The van der Waals surface area contributed by atoms with E-state index in [4.69, 9.17) is 16.3 Å². The number of likely N-dealkylation sites (tertiary alicyclic amines) is 1. The number of fused-ring (bicyclic) bond motifs is 1. The van der Waals surface area contributed by atoms with E-state index < -0.39 is 0 Å². The van der Waals surface area contributed by atoms with Crippen LogP contribution in [0.2, 0.25) is 5.02 Å². The van der Waals surface area contributed by atoms with Crippen molar-refractivity contribution in [3.05, 3.63) is 47.2 Å². The van der Waals surface area contributed by atoms with Crippen LogP contribution in [0.3, 0.4) is 0 Å². The second-order valence-corrected chi connectivity index (χ2v) is 7.61. The summed E-state index contributed by atoms with van der Waals surface area (Å²) in [7, 11) is 0. The molecule has 29 heavy (non-hydrogen) atoms. The summed E-state index contributed by atoms with van der Waals surface area (Å²) in [5.41, 5.74) is 0.683. The molecule has 1 aliphatic rings. The quantitative estimate of drug-likeness (QED) is 0.667. The summed E-state index contributed by atoms with van der Waals surface area (Å²) in [6.45, 7) is 4.19. The summed E-state index contributed by atoms with van der Waals surface area (Å²) in [6, 6.07) is 11.0. The van der Waals surface area contributed by atoms with Crippen LogP contribution < -0.4 is 10.1 Å². The molecular formula is C20H23ClN6O2. The summed E-state index contributed by atoms with van der Waals surface area (Å²) in [6.07, 6.45) is 1.87. The molecule has 1 amide bonds. The van der Waals surface area contributed by atoms with Gasteiger partial charge in [0.2, 0.25) is 5.91 Å². The van der Waals surface area contributed by atoms with Crippen LogP contribution >= 0.6 is 11.6 Å². The van der Waals surface area contributed by atoms with Crippen LogP contribution in [0.15, 0.2) is 36.4 Å². The average molecular weight is 415 g/mol. The Hall–Kier alpha value is -2.87. The topological polar surface area (TPSA) is 84.7 Å². The third-order valence-electron chi connectivity index (χ3n) is 5.11. The van der Waals surface area contributed by atoms with Crippen LogP contribution in [0, 0.1) is 12.8 Å². The van der Waals surface area contributed by atoms with Crippen molar-refractivity contribution in [3.63, 3.8) is 0 Å². The highest BCUT2D eigenvalue weighted by molar-refractivity contribution is 6.30. The molecule has 0 bridgehead atoms. The minimum Gasteiger partial charge on any atom is -0.493 e. The van der Waals surface area contributed by atoms with E-state index in [9.17, 15) is 4.79 Å². The molecule has 0 aliphatic carbocycles. The number of nitrogens with one attached hydrogen (secondary N) is 1. The van der Waals surface area contributed by atoms with Crippen LogP contribution in [0.5, 0.6) is 5.75 Å². The van der Waals surface area contributed by atoms with Gasteiger partial charge in [0.25, 0.3) is 0 Å². The Morgan fingerprint density at radius 2 is 1.93 bits per heavy atom. The molecule has 0 spiro atoms. The molecule has 3 heterocycles. The van der Waals surface area contributed by atoms with Crippen LogP contribution in [0.25, 0.3) is 5.65 Å². The smallest absolute Gasteiger partial charge is 0.241 e. The monoisotopic (exact) mass is 414 g/mol. The van der Waals surface area contributed by atoms with Gasteiger partial charge in [-0.2, -0.15) is 4.52 Å². The van der Waals surface area contributed by atoms with E-state index in [-0.39, 0.29) is 12.5 Å². The summed E-state index contributed by atoms with van der Waals surface area (Å²) < 4.78 is 7.50. The fourth-order valence-electron chi connectivity index (χ4n) is 3.36. The number of carbonyl (C=O) groups excluding carboxylic acids is 1. The van der Waals surface area contributed by atoms with Crippen molar-refractivity contribution in [1.29, 1.82) is 0 Å². The maximum absolute atomic E-state index is 12.5. The van der Waals surface area contributed by atoms with Crippen molar-refractivity contribution in [2.75, 3.05) is 31.6 Å². The molecule has 152 valence electrons. The SMILES string of the molecule is Cc1nnc2ccc(NCC(=O)N3CCC(COc4ccc(Cl)cc4)CC3)nn12. The first kappa shape index (κ1) is 19.4. The zero-order valence-electron chi connectivity index (χ0n) is 16.2. The van der Waals surface area contributed by atoms with Gasteiger partial charge >= 0.3 is 0 Å². The Morgan fingerprint density at radius 1 is 1.17 bits per heavy atom. The van der Waals surface area contributed by atoms with E-state index in [1.807, 2.05) is 42.2 Å². The molecular weight excluding hydrogens is 392 g/mol. The van der Waals surface area contributed by atoms with Crippen molar-refractivity contribution >= 4 is 29.0 Å². The third kappa shape index (κ3) is 4.76. The van der Waals surface area contributed by atoms with Gasteiger partial charge in [-0.05, 0) is 62.1 Å². The first-order chi connectivity index (χ1) is 14.1. The molecule has 9 heteroatoms. The number of piperidine rings is 1. The Balaban J connectivity index is 1.22. The van der Waals surface area contributed by atoms with E-state index in [0.29, 0.717) is 34.8 Å². The number of hydrogen-bond acceptors (Lipinski definition) is 6. The first-order valence-electron chi connectivity index (χ1n) is 9.67. The first-order valence-corrected chi connectivity index (χ1v) is 10.1. The molecule has 3 aromatic rings. The van der Waals surface area contributed by atoms with Gasteiger partial charge in [-0.3, -0.25) is 4.79 Å². The molecule has 4 rings (SSSR count). The number of nitrogens with zero attached hydrogens (tertiary/aromatic N) is 5. The molecule has 1 aliphatic heterocycles. The van der Waals surface area contributed by atoms with Crippen molar-refractivity contribution in [3.8, 4) is 5.75 Å². The number of carbonyl (C=O) groups is 1.